The predicted molar refractivity (Wildman–Crippen MR) is 93.4 cm³/mol. The Labute approximate surface area is 141 Å². The van der Waals surface area contributed by atoms with Crippen molar-refractivity contribution in [3.63, 3.8) is 0 Å². The lowest BCUT2D eigenvalue weighted by Crippen LogP contribution is -2.59. The number of hydrogen-bond donors (Lipinski definition) is 2. The number of rotatable bonds is 2. The molecular weight excluding hydrogens is 288 g/mol. The summed E-state index contributed by atoms with van der Waals surface area (Å²) < 4.78 is 0. The van der Waals surface area contributed by atoms with Gasteiger partial charge in [0.2, 0.25) is 0 Å². The Kier molecular flexibility index (Phi) is 4.83. The molecule has 4 nitrogen and oxygen atoms in total. The van der Waals surface area contributed by atoms with E-state index in [4.69, 9.17) is 0 Å². The molecule has 0 amide bonds. The van der Waals surface area contributed by atoms with E-state index < -0.39 is 5.60 Å². The third kappa shape index (κ3) is 3.92. The fourth-order valence-electron chi connectivity index (χ4n) is 5.05. The monoisotopic (exact) mass is 324 g/mol. The summed E-state index contributed by atoms with van der Waals surface area (Å²) in [6, 6.07) is 0.955. The van der Waals surface area contributed by atoms with Crippen LogP contribution in [0.4, 0.5) is 0 Å². The van der Waals surface area contributed by atoms with Gasteiger partial charge in [-0.1, -0.05) is 20.8 Å². The molecule has 4 heteroatoms. The van der Waals surface area contributed by atoms with E-state index in [1.807, 2.05) is 0 Å². The Morgan fingerprint density at radius 1 is 1.09 bits per heavy atom. The van der Waals surface area contributed by atoms with Gasteiger partial charge in [0.1, 0.15) is 0 Å². The molecule has 0 aromatic rings. The zero-order valence-corrected chi connectivity index (χ0v) is 15.5. The highest BCUT2D eigenvalue weighted by atomic mass is 16.3. The van der Waals surface area contributed by atoms with Crippen molar-refractivity contribution in [3.8, 4) is 0 Å². The van der Waals surface area contributed by atoms with Crippen LogP contribution in [0.5, 0.6) is 0 Å². The molecule has 0 radical (unpaired) electrons. The van der Waals surface area contributed by atoms with Crippen molar-refractivity contribution in [2.45, 2.75) is 83.6 Å². The minimum atomic E-state index is -0.505. The molecule has 2 N–H and O–H groups in total. The predicted octanol–water partition coefficient (Wildman–Crippen LogP) is 2.09. The molecule has 1 saturated carbocycles. The third-order valence-electron chi connectivity index (χ3n) is 6.71. The summed E-state index contributed by atoms with van der Waals surface area (Å²) in [5.41, 5.74) is -0.143. The molecule has 2 heterocycles. The minimum Gasteiger partial charge on any atom is -0.392 e. The normalized spacial score (nSPS) is 43.6. The lowest BCUT2D eigenvalue weighted by molar-refractivity contribution is -0.0694. The largest absolute Gasteiger partial charge is 0.392 e. The van der Waals surface area contributed by atoms with E-state index in [0.29, 0.717) is 17.5 Å². The molecule has 3 rings (SSSR count). The summed E-state index contributed by atoms with van der Waals surface area (Å²) >= 11 is 0. The van der Waals surface area contributed by atoms with E-state index >= 15 is 0 Å². The van der Waals surface area contributed by atoms with Crippen LogP contribution in [0.15, 0.2) is 0 Å². The Bertz CT molecular complexity index is 412. The number of hydrogen-bond acceptors (Lipinski definition) is 4. The van der Waals surface area contributed by atoms with E-state index in [9.17, 15) is 10.2 Å². The van der Waals surface area contributed by atoms with Crippen molar-refractivity contribution in [1.29, 1.82) is 0 Å². The quantitative estimate of drug-likeness (QED) is 0.816. The molecule has 0 aromatic heterocycles. The van der Waals surface area contributed by atoms with Gasteiger partial charge >= 0.3 is 0 Å². The van der Waals surface area contributed by atoms with Gasteiger partial charge in [0.25, 0.3) is 0 Å². The summed E-state index contributed by atoms with van der Waals surface area (Å²) in [5.74, 6) is 0.738. The SMILES string of the molecule is C[C@H]1CN2C[C@H](O)CC2CN1CC1(O)CCC(C(C)(C)C)CC1. The average Bonchev–Trinajstić information content (AvgIpc) is 2.77. The van der Waals surface area contributed by atoms with Crippen molar-refractivity contribution in [2.24, 2.45) is 11.3 Å². The Morgan fingerprint density at radius 2 is 1.74 bits per heavy atom. The number of β-amino-alcohol motifs (C(OH)–C–C–N with tert-alkyl or cyclic N) is 1. The number of nitrogens with zero attached hydrogens (tertiary/aromatic N) is 2. The highest BCUT2D eigenvalue weighted by molar-refractivity contribution is 4.98. The van der Waals surface area contributed by atoms with Gasteiger partial charge in [-0.2, -0.15) is 0 Å². The van der Waals surface area contributed by atoms with Crippen LogP contribution in [0, 0.1) is 11.3 Å². The number of aliphatic hydroxyl groups excluding tert-OH is 1. The van der Waals surface area contributed by atoms with E-state index in [2.05, 4.69) is 37.5 Å². The summed E-state index contributed by atoms with van der Waals surface area (Å²) in [5, 5.41) is 21.0. The molecule has 0 bridgehead atoms. The molecule has 3 atom stereocenters. The second kappa shape index (κ2) is 6.29. The second-order valence-electron chi connectivity index (χ2n) is 9.64. The molecule has 1 aliphatic carbocycles. The van der Waals surface area contributed by atoms with Crippen LogP contribution in [0.25, 0.3) is 0 Å². The fourth-order valence-corrected chi connectivity index (χ4v) is 5.05. The fraction of sp³-hybridized carbons (Fsp3) is 1.00. The first-order valence-electron chi connectivity index (χ1n) is 9.55. The van der Waals surface area contributed by atoms with Crippen molar-refractivity contribution in [1.82, 2.24) is 9.80 Å². The van der Waals surface area contributed by atoms with Crippen LogP contribution in [-0.2, 0) is 0 Å². The van der Waals surface area contributed by atoms with Gasteiger partial charge < -0.3 is 10.2 Å². The number of aliphatic hydroxyl groups is 2. The number of piperazine rings is 1. The van der Waals surface area contributed by atoms with Crippen LogP contribution < -0.4 is 0 Å². The maximum atomic E-state index is 11.1. The summed E-state index contributed by atoms with van der Waals surface area (Å²) in [6.45, 7) is 12.9. The minimum absolute atomic E-state index is 0.155. The molecule has 134 valence electrons. The maximum absolute atomic E-state index is 11.1. The standard InChI is InChI=1S/C19H36N2O2/c1-14-10-20-12-17(22)9-16(20)11-21(14)13-19(23)7-5-15(6-8-19)18(2,3)4/h14-17,22-23H,5-13H2,1-4H3/t14-,15?,16?,17+,19?/m0/s1. The van der Waals surface area contributed by atoms with Crippen molar-refractivity contribution < 1.29 is 10.2 Å². The Balaban J connectivity index is 1.57. The second-order valence-corrected chi connectivity index (χ2v) is 9.64. The molecule has 0 spiro atoms. The van der Waals surface area contributed by atoms with Gasteiger partial charge in [-0.15, -0.1) is 0 Å². The summed E-state index contributed by atoms with van der Waals surface area (Å²) in [6.07, 6.45) is 4.92. The highest BCUT2D eigenvalue weighted by Gasteiger charge is 2.43. The molecule has 3 fully saturated rings. The molecule has 2 aliphatic heterocycles. The zero-order valence-electron chi connectivity index (χ0n) is 15.5. The third-order valence-corrected chi connectivity index (χ3v) is 6.71. The van der Waals surface area contributed by atoms with Gasteiger partial charge in [-0.25, -0.2) is 0 Å². The topological polar surface area (TPSA) is 46.9 Å². The van der Waals surface area contributed by atoms with Gasteiger partial charge in [-0.05, 0) is 50.4 Å². The smallest absolute Gasteiger partial charge is 0.0774 e. The summed E-state index contributed by atoms with van der Waals surface area (Å²) in [7, 11) is 0. The molecule has 2 saturated heterocycles. The Hall–Kier alpha value is -0.160. The van der Waals surface area contributed by atoms with E-state index in [1.165, 1.54) is 0 Å². The lowest BCUT2D eigenvalue weighted by atomic mass is 9.68. The van der Waals surface area contributed by atoms with Crippen LogP contribution in [-0.4, -0.2) is 70.0 Å². The van der Waals surface area contributed by atoms with E-state index in [1.54, 1.807) is 0 Å². The van der Waals surface area contributed by atoms with Gasteiger partial charge in [0, 0.05) is 38.3 Å². The molecule has 0 aromatic carbocycles. The van der Waals surface area contributed by atoms with Crippen LogP contribution >= 0.6 is 0 Å². The van der Waals surface area contributed by atoms with Crippen molar-refractivity contribution in [2.75, 3.05) is 26.2 Å². The van der Waals surface area contributed by atoms with Gasteiger partial charge in [-0.3, -0.25) is 9.80 Å². The van der Waals surface area contributed by atoms with Gasteiger partial charge in [0.05, 0.1) is 11.7 Å². The maximum Gasteiger partial charge on any atom is 0.0774 e. The molecular formula is C19H36N2O2. The lowest BCUT2D eigenvalue weighted by Gasteiger charge is -2.48. The van der Waals surface area contributed by atoms with Crippen molar-refractivity contribution >= 4 is 0 Å². The first-order chi connectivity index (χ1) is 10.7. The highest BCUT2D eigenvalue weighted by Crippen LogP contribution is 2.42. The first-order valence-corrected chi connectivity index (χ1v) is 9.55. The van der Waals surface area contributed by atoms with Crippen LogP contribution in [0.1, 0.15) is 59.8 Å². The number of fused-ring (bicyclic) bond motifs is 1. The van der Waals surface area contributed by atoms with E-state index in [0.717, 1.165) is 64.2 Å². The van der Waals surface area contributed by atoms with Crippen LogP contribution in [0.3, 0.4) is 0 Å². The Morgan fingerprint density at radius 3 is 2.35 bits per heavy atom. The molecule has 23 heavy (non-hydrogen) atoms. The van der Waals surface area contributed by atoms with Crippen molar-refractivity contribution in [3.05, 3.63) is 0 Å². The first kappa shape index (κ1) is 17.7. The summed E-state index contributed by atoms with van der Waals surface area (Å²) in [4.78, 5) is 4.92. The van der Waals surface area contributed by atoms with Gasteiger partial charge in [0.15, 0.2) is 0 Å². The van der Waals surface area contributed by atoms with Crippen LogP contribution in [0.2, 0.25) is 0 Å². The average molecular weight is 325 g/mol. The molecule has 3 aliphatic rings. The molecule has 1 unspecified atom stereocenters. The zero-order chi connectivity index (χ0) is 16.8. The van der Waals surface area contributed by atoms with E-state index in [-0.39, 0.29) is 6.10 Å².